The maximum absolute atomic E-state index is 13.0. The molecule has 1 atom stereocenters. The quantitative estimate of drug-likeness (QED) is 0.896. The molecule has 7 heteroatoms. The van der Waals surface area contributed by atoms with E-state index in [4.69, 9.17) is 4.74 Å². The molecule has 0 saturated carbocycles. The molecule has 0 aliphatic carbocycles. The Morgan fingerprint density at radius 3 is 2.68 bits per heavy atom. The molecule has 2 amide bonds. The van der Waals surface area contributed by atoms with Gasteiger partial charge in [-0.05, 0) is 30.3 Å². The fourth-order valence-corrected chi connectivity index (χ4v) is 2.69. The molecule has 0 spiro atoms. The Morgan fingerprint density at radius 1 is 1.20 bits per heavy atom. The predicted octanol–water partition coefficient (Wildman–Crippen LogP) is 3.26. The van der Waals surface area contributed by atoms with Gasteiger partial charge in [-0.3, -0.25) is 4.79 Å². The van der Waals surface area contributed by atoms with E-state index in [1.807, 2.05) is 0 Å². The standard InChI is InChI=1S/C18H17FN2O4/c1-24-18(23)21-15-9-10-25-16-13(15)3-2-4-14(16)17(22)20-12-7-5-11(19)6-8-12/h2-8,15H,9-10H2,1H3,(H,20,22)(H,21,23)/t15-/m0/s1. The highest BCUT2D eigenvalue weighted by molar-refractivity contribution is 6.06. The molecule has 1 aliphatic heterocycles. The fraction of sp³-hybridized carbons (Fsp3) is 0.222. The summed E-state index contributed by atoms with van der Waals surface area (Å²) in [6.45, 7) is 0.364. The van der Waals surface area contributed by atoms with Crippen LogP contribution in [0.4, 0.5) is 14.9 Å². The zero-order chi connectivity index (χ0) is 17.8. The van der Waals surface area contributed by atoms with Crippen molar-refractivity contribution in [3.63, 3.8) is 0 Å². The maximum atomic E-state index is 13.0. The molecule has 0 fully saturated rings. The van der Waals surface area contributed by atoms with Gasteiger partial charge in [-0.1, -0.05) is 12.1 Å². The van der Waals surface area contributed by atoms with Crippen molar-refractivity contribution in [3.05, 3.63) is 59.4 Å². The summed E-state index contributed by atoms with van der Waals surface area (Å²) < 4.78 is 23.3. The van der Waals surface area contributed by atoms with Gasteiger partial charge in [-0.25, -0.2) is 9.18 Å². The van der Waals surface area contributed by atoms with Crippen molar-refractivity contribution in [2.24, 2.45) is 0 Å². The highest BCUT2D eigenvalue weighted by Gasteiger charge is 2.27. The van der Waals surface area contributed by atoms with Crippen LogP contribution >= 0.6 is 0 Å². The molecule has 1 aliphatic rings. The average molecular weight is 344 g/mol. The number of hydrogen-bond donors (Lipinski definition) is 2. The number of nitrogens with one attached hydrogen (secondary N) is 2. The summed E-state index contributed by atoms with van der Waals surface area (Å²) in [6.07, 6.45) is 0.0320. The largest absolute Gasteiger partial charge is 0.492 e. The predicted molar refractivity (Wildman–Crippen MR) is 89.2 cm³/mol. The SMILES string of the molecule is COC(=O)N[C@H]1CCOc2c(C(=O)Nc3ccc(F)cc3)cccc21. The topological polar surface area (TPSA) is 76.7 Å². The summed E-state index contributed by atoms with van der Waals surface area (Å²) in [4.78, 5) is 24.1. The minimum absolute atomic E-state index is 0.297. The lowest BCUT2D eigenvalue weighted by molar-refractivity contribution is 0.102. The van der Waals surface area contributed by atoms with Gasteiger partial charge in [0.1, 0.15) is 11.6 Å². The molecule has 3 rings (SSSR count). The zero-order valence-electron chi connectivity index (χ0n) is 13.5. The summed E-state index contributed by atoms with van der Waals surface area (Å²) in [6, 6.07) is 10.3. The lowest BCUT2D eigenvalue weighted by Gasteiger charge is -2.27. The van der Waals surface area contributed by atoms with Gasteiger partial charge >= 0.3 is 6.09 Å². The number of amides is 2. The number of anilines is 1. The molecule has 2 aromatic carbocycles. The second kappa shape index (κ2) is 7.21. The van der Waals surface area contributed by atoms with Crippen molar-refractivity contribution in [1.82, 2.24) is 5.32 Å². The first-order chi connectivity index (χ1) is 12.1. The summed E-state index contributed by atoms with van der Waals surface area (Å²) in [5.74, 6) is -0.327. The van der Waals surface area contributed by atoms with E-state index in [1.165, 1.54) is 31.4 Å². The highest BCUT2D eigenvalue weighted by Crippen LogP contribution is 2.35. The van der Waals surface area contributed by atoms with Gasteiger partial charge < -0.3 is 20.1 Å². The first-order valence-corrected chi connectivity index (χ1v) is 7.75. The third-order valence-corrected chi connectivity index (χ3v) is 3.90. The smallest absolute Gasteiger partial charge is 0.407 e. The fourth-order valence-electron chi connectivity index (χ4n) is 2.69. The average Bonchev–Trinajstić information content (AvgIpc) is 2.63. The van der Waals surface area contributed by atoms with Gasteiger partial charge in [-0.15, -0.1) is 0 Å². The van der Waals surface area contributed by atoms with Crippen LogP contribution in [0.15, 0.2) is 42.5 Å². The Bertz CT molecular complexity index is 792. The molecule has 0 radical (unpaired) electrons. The summed E-state index contributed by atoms with van der Waals surface area (Å²) in [7, 11) is 1.29. The minimum atomic E-state index is -0.543. The summed E-state index contributed by atoms with van der Waals surface area (Å²) >= 11 is 0. The number of fused-ring (bicyclic) bond motifs is 1. The van der Waals surface area contributed by atoms with E-state index in [-0.39, 0.29) is 17.8 Å². The van der Waals surface area contributed by atoms with Crippen LogP contribution in [0.5, 0.6) is 5.75 Å². The first kappa shape index (κ1) is 16.8. The number of rotatable bonds is 3. The number of hydrogen-bond acceptors (Lipinski definition) is 4. The van der Waals surface area contributed by atoms with E-state index in [2.05, 4.69) is 15.4 Å². The number of halogens is 1. The van der Waals surface area contributed by atoms with Crippen molar-refractivity contribution in [3.8, 4) is 5.75 Å². The molecular weight excluding hydrogens is 327 g/mol. The minimum Gasteiger partial charge on any atom is -0.492 e. The monoisotopic (exact) mass is 344 g/mol. The maximum Gasteiger partial charge on any atom is 0.407 e. The molecule has 25 heavy (non-hydrogen) atoms. The Morgan fingerprint density at radius 2 is 1.96 bits per heavy atom. The molecule has 2 aromatic rings. The Hall–Kier alpha value is -3.09. The summed E-state index contributed by atoms with van der Waals surface area (Å²) in [5.41, 5.74) is 1.53. The molecule has 0 bridgehead atoms. The molecule has 1 heterocycles. The van der Waals surface area contributed by atoms with Crippen molar-refractivity contribution >= 4 is 17.7 Å². The second-order valence-electron chi connectivity index (χ2n) is 5.51. The van der Waals surface area contributed by atoms with Crippen molar-refractivity contribution in [2.75, 3.05) is 19.0 Å². The highest BCUT2D eigenvalue weighted by atomic mass is 19.1. The number of ether oxygens (including phenoxy) is 2. The third kappa shape index (κ3) is 3.71. The van der Waals surface area contributed by atoms with Gasteiger partial charge in [0.2, 0.25) is 0 Å². The lowest BCUT2D eigenvalue weighted by atomic mass is 9.97. The van der Waals surface area contributed by atoms with E-state index in [0.29, 0.717) is 35.6 Å². The van der Waals surface area contributed by atoms with Gasteiger partial charge in [0.15, 0.2) is 0 Å². The number of carbonyl (C=O) groups excluding carboxylic acids is 2. The van der Waals surface area contributed by atoms with Crippen molar-refractivity contribution in [2.45, 2.75) is 12.5 Å². The number of para-hydroxylation sites is 1. The second-order valence-corrected chi connectivity index (χ2v) is 5.51. The lowest BCUT2D eigenvalue weighted by Crippen LogP contribution is -2.32. The molecular formula is C18H17FN2O4. The van der Waals surface area contributed by atoms with E-state index < -0.39 is 6.09 Å². The van der Waals surface area contributed by atoms with Crippen molar-refractivity contribution < 1.29 is 23.5 Å². The first-order valence-electron chi connectivity index (χ1n) is 7.75. The number of methoxy groups -OCH3 is 1. The van der Waals surface area contributed by atoms with Gasteiger partial charge in [0.05, 0.1) is 25.3 Å². The summed E-state index contributed by atoms with van der Waals surface area (Å²) in [5, 5.41) is 5.44. The van der Waals surface area contributed by atoms with Crippen LogP contribution in [0.3, 0.4) is 0 Å². The van der Waals surface area contributed by atoms with E-state index in [1.54, 1.807) is 18.2 Å². The Balaban J connectivity index is 1.85. The van der Waals surface area contributed by atoms with E-state index in [9.17, 15) is 14.0 Å². The molecule has 0 unspecified atom stereocenters. The van der Waals surface area contributed by atoms with Gasteiger partial charge in [-0.2, -0.15) is 0 Å². The zero-order valence-corrected chi connectivity index (χ0v) is 13.5. The van der Waals surface area contributed by atoms with Crippen LogP contribution in [0, 0.1) is 5.82 Å². The van der Waals surface area contributed by atoms with Crippen LogP contribution in [0.2, 0.25) is 0 Å². The van der Waals surface area contributed by atoms with Crippen LogP contribution in [-0.4, -0.2) is 25.7 Å². The van der Waals surface area contributed by atoms with E-state index >= 15 is 0 Å². The van der Waals surface area contributed by atoms with Gasteiger partial charge in [0, 0.05) is 17.7 Å². The number of carbonyl (C=O) groups is 2. The van der Waals surface area contributed by atoms with Gasteiger partial charge in [0.25, 0.3) is 5.91 Å². The normalized spacial score (nSPS) is 15.5. The molecule has 0 saturated heterocycles. The van der Waals surface area contributed by atoms with Crippen LogP contribution in [-0.2, 0) is 4.74 Å². The molecule has 130 valence electrons. The molecule has 2 N–H and O–H groups in total. The van der Waals surface area contributed by atoms with E-state index in [0.717, 1.165) is 0 Å². The molecule has 0 aromatic heterocycles. The van der Waals surface area contributed by atoms with Crippen molar-refractivity contribution in [1.29, 1.82) is 0 Å². The van der Waals surface area contributed by atoms with Crippen LogP contribution in [0.1, 0.15) is 28.4 Å². The molecule has 6 nitrogen and oxygen atoms in total. The van der Waals surface area contributed by atoms with Crippen LogP contribution in [0.25, 0.3) is 0 Å². The Kier molecular flexibility index (Phi) is 4.83. The Labute approximate surface area is 143 Å². The third-order valence-electron chi connectivity index (χ3n) is 3.90. The number of benzene rings is 2. The van der Waals surface area contributed by atoms with Crippen LogP contribution < -0.4 is 15.4 Å². The number of alkyl carbamates (subject to hydrolysis) is 1.